The molecule has 0 saturated heterocycles. The molecule has 1 nitrogen and oxygen atoms in total. The zero-order valence-corrected chi connectivity index (χ0v) is 11.6. The molecule has 0 aromatic heterocycles. The number of anilines is 1. The van der Waals surface area contributed by atoms with E-state index in [-0.39, 0.29) is 0 Å². The van der Waals surface area contributed by atoms with Crippen molar-refractivity contribution in [2.45, 2.75) is 0 Å². The molecule has 0 bridgehead atoms. The van der Waals surface area contributed by atoms with E-state index >= 15 is 0 Å². The maximum absolute atomic E-state index is 5.97. The van der Waals surface area contributed by atoms with Gasteiger partial charge >= 0.3 is 0 Å². The van der Waals surface area contributed by atoms with Gasteiger partial charge in [-0.2, -0.15) is 0 Å². The molecule has 0 fully saturated rings. The van der Waals surface area contributed by atoms with E-state index in [9.17, 15) is 0 Å². The summed E-state index contributed by atoms with van der Waals surface area (Å²) in [4.78, 5) is 0. The van der Waals surface area contributed by atoms with Crippen molar-refractivity contribution in [3.8, 4) is 22.3 Å². The minimum absolute atomic E-state index is 0.591. The highest BCUT2D eigenvalue weighted by molar-refractivity contribution is 6.33. The van der Waals surface area contributed by atoms with E-state index < -0.39 is 0 Å². The van der Waals surface area contributed by atoms with Gasteiger partial charge in [-0.05, 0) is 40.5 Å². The van der Waals surface area contributed by atoms with Crippen LogP contribution in [0.25, 0.3) is 22.3 Å². The van der Waals surface area contributed by atoms with Gasteiger partial charge in [0, 0.05) is 0 Å². The second-order valence-corrected chi connectivity index (χ2v) is 5.09. The van der Waals surface area contributed by atoms with Crippen LogP contribution in [-0.4, -0.2) is 0 Å². The Kier molecular flexibility index (Phi) is 3.44. The third kappa shape index (κ3) is 2.54. The van der Waals surface area contributed by atoms with Gasteiger partial charge in [-0.1, -0.05) is 66.2 Å². The minimum Gasteiger partial charge on any atom is -0.398 e. The first kappa shape index (κ1) is 12.8. The summed E-state index contributed by atoms with van der Waals surface area (Å²) < 4.78 is 0. The predicted octanol–water partition coefficient (Wildman–Crippen LogP) is 5.26. The van der Waals surface area contributed by atoms with E-state index in [1.54, 1.807) is 0 Å². The van der Waals surface area contributed by atoms with Gasteiger partial charge in [0.05, 0.1) is 10.7 Å². The summed E-state index contributed by atoms with van der Waals surface area (Å²) in [7, 11) is 0. The molecule has 0 atom stereocenters. The predicted molar refractivity (Wildman–Crippen MR) is 86.7 cm³/mol. The van der Waals surface area contributed by atoms with Crippen molar-refractivity contribution in [3.05, 3.63) is 77.8 Å². The van der Waals surface area contributed by atoms with Crippen LogP contribution in [0.15, 0.2) is 72.8 Å². The normalized spacial score (nSPS) is 10.4. The topological polar surface area (TPSA) is 26.0 Å². The molecule has 0 heterocycles. The average molecular weight is 280 g/mol. The molecule has 0 spiro atoms. The van der Waals surface area contributed by atoms with E-state index in [4.69, 9.17) is 17.3 Å². The quantitative estimate of drug-likeness (QED) is 0.637. The van der Waals surface area contributed by atoms with Gasteiger partial charge in [-0.25, -0.2) is 0 Å². The molecule has 2 heteroatoms. The largest absolute Gasteiger partial charge is 0.398 e. The molecule has 20 heavy (non-hydrogen) atoms. The molecule has 2 N–H and O–H groups in total. The fourth-order valence-corrected chi connectivity index (χ4v) is 2.35. The Hall–Kier alpha value is -2.25. The molecule has 0 amide bonds. The molecular formula is C18H14ClN. The van der Waals surface area contributed by atoms with Crippen molar-refractivity contribution in [1.82, 2.24) is 0 Å². The maximum Gasteiger partial charge on any atom is 0.0635 e. The van der Waals surface area contributed by atoms with Crippen LogP contribution in [0.5, 0.6) is 0 Å². The van der Waals surface area contributed by atoms with Gasteiger partial charge in [-0.15, -0.1) is 0 Å². The number of halogens is 1. The SMILES string of the molecule is Nc1cc(-c2cccc(-c3ccccc3)c2)ccc1Cl. The first-order valence-corrected chi connectivity index (χ1v) is 6.83. The molecule has 3 rings (SSSR count). The number of benzene rings is 3. The van der Waals surface area contributed by atoms with E-state index in [1.165, 1.54) is 11.1 Å². The van der Waals surface area contributed by atoms with Gasteiger partial charge < -0.3 is 5.73 Å². The molecule has 0 aliphatic rings. The van der Waals surface area contributed by atoms with Gasteiger partial charge in [-0.3, -0.25) is 0 Å². The summed E-state index contributed by atoms with van der Waals surface area (Å²) in [6.45, 7) is 0. The monoisotopic (exact) mass is 279 g/mol. The zero-order chi connectivity index (χ0) is 13.9. The number of hydrogen-bond donors (Lipinski definition) is 1. The summed E-state index contributed by atoms with van der Waals surface area (Å²) in [5, 5.41) is 0.591. The standard InChI is InChI=1S/C18H14ClN/c19-17-10-9-16(12-18(17)20)15-8-4-7-14(11-15)13-5-2-1-3-6-13/h1-12H,20H2. The fraction of sp³-hybridized carbons (Fsp3) is 0. The zero-order valence-electron chi connectivity index (χ0n) is 10.9. The Balaban J connectivity index is 2.05. The van der Waals surface area contributed by atoms with Crippen molar-refractivity contribution in [2.24, 2.45) is 0 Å². The molecule has 0 aliphatic heterocycles. The highest BCUT2D eigenvalue weighted by Gasteiger charge is 2.03. The summed E-state index contributed by atoms with van der Waals surface area (Å²) in [5.74, 6) is 0. The van der Waals surface area contributed by atoms with Crippen LogP contribution in [0.2, 0.25) is 5.02 Å². The lowest BCUT2D eigenvalue weighted by atomic mass is 9.99. The lowest BCUT2D eigenvalue weighted by molar-refractivity contribution is 1.58. The van der Waals surface area contributed by atoms with Crippen molar-refractivity contribution in [3.63, 3.8) is 0 Å². The molecule has 3 aromatic rings. The second kappa shape index (κ2) is 5.40. The van der Waals surface area contributed by atoms with Crippen LogP contribution < -0.4 is 5.73 Å². The lowest BCUT2D eigenvalue weighted by Crippen LogP contribution is -1.87. The van der Waals surface area contributed by atoms with Gasteiger partial charge in [0.25, 0.3) is 0 Å². The molecule has 0 radical (unpaired) electrons. The number of nitrogen functional groups attached to an aromatic ring is 1. The first-order chi connectivity index (χ1) is 9.74. The summed E-state index contributed by atoms with van der Waals surface area (Å²) in [5.41, 5.74) is 11.1. The number of nitrogens with two attached hydrogens (primary N) is 1. The lowest BCUT2D eigenvalue weighted by Gasteiger charge is -2.07. The Morgan fingerprint density at radius 3 is 1.90 bits per heavy atom. The first-order valence-electron chi connectivity index (χ1n) is 6.45. The summed E-state index contributed by atoms with van der Waals surface area (Å²) >= 11 is 5.97. The molecule has 0 aliphatic carbocycles. The highest BCUT2D eigenvalue weighted by Crippen LogP contribution is 2.29. The van der Waals surface area contributed by atoms with Crippen molar-refractivity contribution in [1.29, 1.82) is 0 Å². The Bertz CT molecular complexity index is 735. The Morgan fingerprint density at radius 2 is 1.20 bits per heavy atom. The molecule has 0 unspecified atom stereocenters. The van der Waals surface area contributed by atoms with Gasteiger partial charge in [0.1, 0.15) is 0 Å². The van der Waals surface area contributed by atoms with E-state index in [0.717, 1.165) is 11.1 Å². The number of hydrogen-bond acceptors (Lipinski definition) is 1. The smallest absolute Gasteiger partial charge is 0.0635 e. The molecular weight excluding hydrogens is 266 g/mol. The Labute approximate surface area is 123 Å². The molecule has 98 valence electrons. The number of rotatable bonds is 2. The third-order valence-corrected chi connectivity index (χ3v) is 3.64. The van der Waals surface area contributed by atoms with Gasteiger partial charge in [0.2, 0.25) is 0 Å². The van der Waals surface area contributed by atoms with Crippen LogP contribution in [0.1, 0.15) is 0 Å². The van der Waals surface area contributed by atoms with Crippen LogP contribution in [-0.2, 0) is 0 Å². The van der Waals surface area contributed by atoms with E-state index in [1.807, 2.05) is 36.4 Å². The third-order valence-electron chi connectivity index (χ3n) is 3.30. The van der Waals surface area contributed by atoms with E-state index in [2.05, 4.69) is 36.4 Å². The Morgan fingerprint density at radius 1 is 0.600 bits per heavy atom. The van der Waals surface area contributed by atoms with Gasteiger partial charge in [0.15, 0.2) is 0 Å². The van der Waals surface area contributed by atoms with Crippen molar-refractivity contribution >= 4 is 17.3 Å². The van der Waals surface area contributed by atoms with Crippen LogP contribution in [0, 0.1) is 0 Å². The van der Waals surface area contributed by atoms with E-state index in [0.29, 0.717) is 10.7 Å². The minimum atomic E-state index is 0.591. The summed E-state index contributed by atoms with van der Waals surface area (Å²) in [6.07, 6.45) is 0. The van der Waals surface area contributed by atoms with Crippen molar-refractivity contribution < 1.29 is 0 Å². The van der Waals surface area contributed by atoms with Crippen LogP contribution in [0.4, 0.5) is 5.69 Å². The maximum atomic E-state index is 5.97. The van der Waals surface area contributed by atoms with Crippen molar-refractivity contribution in [2.75, 3.05) is 5.73 Å². The molecule has 3 aromatic carbocycles. The van der Waals surface area contributed by atoms with Crippen LogP contribution in [0.3, 0.4) is 0 Å². The molecule has 0 saturated carbocycles. The average Bonchev–Trinajstić information content (AvgIpc) is 2.51. The second-order valence-electron chi connectivity index (χ2n) is 4.68. The fourth-order valence-electron chi connectivity index (χ4n) is 2.23. The summed E-state index contributed by atoms with van der Waals surface area (Å²) in [6, 6.07) is 24.5. The van der Waals surface area contributed by atoms with Crippen LogP contribution >= 0.6 is 11.6 Å². The highest BCUT2D eigenvalue weighted by atomic mass is 35.5.